The van der Waals surface area contributed by atoms with Gasteiger partial charge >= 0.3 is 5.97 Å². The molecule has 1 atom stereocenters. The molecule has 98 valence electrons. The number of hydrogen-bond acceptors (Lipinski definition) is 4. The summed E-state index contributed by atoms with van der Waals surface area (Å²) in [4.78, 5) is 22.3. The average molecular weight is 250 g/mol. The topological polar surface area (TPSA) is 52.6 Å². The highest BCUT2D eigenvalue weighted by Gasteiger charge is 2.17. The van der Waals surface area contributed by atoms with Crippen LogP contribution >= 0.6 is 0 Å². The summed E-state index contributed by atoms with van der Waals surface area (Å²) in [6.07, 6.45) is 1.49. The fraction of sp³-hybridized carbons (Fsp3) is 0.429. The van der Waals surface area contributed by atoms with Gasteiger partial charge in [-0.1, -0.05) is 17.7 Å². The van der Waals surface area contributed by atoms with Crippen molar-refractivity contribution in [2.75, 3.05) is 14.2 Å². The largest absolute Gasteiger partial charge is 0.496 e. The highest BCUT2D eigenvalue weighted by atomic mass is 16.5. The Kier molecular flexibility index (Phi) is 5.36. The van der Waals surface area contributed by atoms with E-state index in [-0.39, 0.29) is 18.3 Å². The molecule has 0 heterocycles. The van der Waals surface area contributed by atoms with Crippen LogP contribution in [0.15, 0.2) is 18.2 Å². The molecule has 4 heteroatoms. The van der Waals surface area contributed by atoms with Gasteiger partial charge in [-0.05, 0) is 19.4 Å². The fourth-order valence-electron chi connectivity index (χ4n) is 1.82. The molecular formula is C14H18O4. The van der Waals surface area contributed by atoms with Crippen LogP contribution in [-0.4, -0.2) is 26.5 Å². The van der Waals surface area contributed by atoms with Gasteiger partial charge in [0.05, 0.1) is 14.2 Å². The smallest absolute Gasteiger partial charge is 0.305 e. The normalized spacial score (nSPS) is 11.7. The van der Waals surface area contributed by atoms with Crippen molar-refractivity contribution < 1.29 is 19.1 Å². The average Bonchev–Trinajstić information content (AvgIpc) is 2.39. The molecular weight excluding hydrogens is 232 g/mol. The maximum atomic E-state index is 11.2. The van der Waals surface area contributed by atoms with Crippen molar-refractivity contribution >= 4 is 12.3 Å². The zero-order valence-corrected chi connectivity index (χ0v) is 10.9. The molecule has 0 saturated heterocycles. The lowest BCUT2D eigenvalue weighted by Gasteiger charge is -2.15. The Morgan fingerprint density at radius 3 is 2.67 bits per heavy atom. The third-order valence-electron chi connectivity index (χ3n) is 2.84. The van der Waals surface area contributed by atoms with E-state index in [2.05, 4.69) is 4.74 Å². The fourth-order valence-corrected chi connectivity index (χ4v) is 1.82. The van der Waals surface area contributed by atoms with E-state index in [1.165, 1.54) is 7.11 Å². The van der Waals surface area contributed by atoms with Crippen LogP contribution in [0.5, 0.6) is 5.75 Å². The van der Waals surface area contributed by atoms with Crippen molar-refractivity contribution in [3.63, 3.8) is 0 Å². The lowest BCUT2D eigenvalue weighted by Crippen LogP contribution is -2.08. The molecule has 4 nitrogen and oxygen atoms in total. The molecule has 0 amide bonds. The Bertz CT molecular complexity index is 426. The van der Waals surface area contributed by atoms with Gasteiger partial charge in [-0.2, -0.15) is 0 Å². The van der Waals surface area contributed by atoms with Gasteiger partial charge in [0.15, 0.2) is 0 Å². The van der Waals surface area contributed by atoms with E-state index in [0.717, 1.165) is 17.4 Å². The van der Waals surface area contributed by atoms with Gasteiger partial charge in [-0.25, -0.2) is 0 Å². The van der Waals surface area contributed by atoms with Crippen molar-refractivity contribution in [3.8, 4) is 5.75 Å². The molecule has 0 spiro atoms. The number of esters is 1. The maximum Gasteiger partial charge on any atom is 0.305 e. The van der Waals surface area contributed by atoms with Crippen LogP contribution in [-0.2, 0) is 14.3 Å². The Morgan fingerprint density at radius 1 is 1.39 bits per heavy atom. The minimum atomic E-state index is -0.348. The first-order valence-electron chi connectivity index (χ1n) is 5.79. The molecule has 1 unspecified atom stereocenters. The number of hydrogen-bond donors (Lipinski definition) is 0. The molecule has 0 aliphatic carbocycles. The number of aldehydes is 1. The summed E-state index contributed by atoms with van der Waals surface area (Å²) >= 11 is 0. The van der Waals surface area contributed by atoms with Crippen molar-refractivity contribution in [1.82, 2.24) is 0 Å². The zero-order chi connectivity index (χ0) is 13.5. The zero-order valence-electron chi connectivity index (χ0n) is 10.9. The summed E-state index contributed by atoms with van der Waals surface area (Å²) in [6, 6.07) is 5.67. The molecule has 0 fully saturated rings. The van der Waals surface area contributed by atoms with Crippen LogP contribution in [0.2, 0.25) is 0 Å². The van der Waals surface area contributed by atoms with Crippen molar-refractivity contribution in [1.29, 1.82) is 0 Å². The predicted octanol–water partition coefficient (Wildman–Crippen LogP) is 2.24. The van der Waals surface area contributed by atoms with Gasteiger partial charge in [0.1, 0.15) is 12.0 Å². The third kappa shape index (κ3) is 3.58. The van der Waals surface area contributed by atoms with E-state index in [9.17, 15) is 9.59 Å². The van der Waals surface area contributed by atoms with E-state index in [1.807, 2.05) is 25.1 Å². The van der Waals surface area contributed by atoms with Crippen LogP contribution in [0.4, 0.5) is 0 Å². The first-order valence-corrected chi connectivity index (χ1v) is 5.79. The minimum absolute atomic E-state index is 0.219. The van der Waals surface area contributed by atoms with Gasteiger partial charge in [0, 0.05) is 17.9 Å². The Hall–Kier alpha value is -1.84. The summed E-state index contributed by atoms with van der Waals surface area (Å²) in [5, 5.41) is 0. The van der Waals surface area contributed by atoms with Crippen molar-refractivity contribution in [3.05, 3.63) is 29.3 Å². The molecule has 0 aliphatic rings. The quantitative estimate of drug-likeness (QED) is 0.574. The summed E-state index contributed by atoms with van der Waals surface area (Å²) in [5.74, 6) is 0.00925. The highest BCUT2D eigenvalue weighted by molar-refractivity contribution is 5.71. The second kappa shape index (κ2) is 6.79. The number of aryl methyl sites for hydroxylation is 1. The molecule has 0 aliphatic heterocycles. The maximum absolute atomic E-state index is 11.2. The molecule has 18 heavy (non-hydrogen) atoms. The molecule has 0 bridgehead atoms. The van der Waals surface area contributed by atoms with E-state index in [1.54, 1.807) is 7.11 Å². The number of benzene rings is 1. The van der Waals surface area contributed by atoms with Crippen LogP contribution in [0.3, 0.4) is 0 Å². The predicted molar refractivity (Wildman–Crippen MR) is 67.8 cm³/mol. The molecule has 0 saturated carbocycles. The summed E-state index contributed by atoms with van der Waals surface area (Å²) in [6.45, 7) is 1.95. The first kappa shape index (κ1) is 14.2. The van der Waals surface area contributed by atoms with Gasteiger partial charge in [0.2, 0.25) is 0 Å². The Labute approximate surface area is 107 Å². The summed E-state index contributed by atoms with van der Waals surface area (Å²) < 4.78 is 9.82. The molecule has 1 rings (SSSR count). The van der Waals surface area contributed by atoms with Crippen LogP contribution in [0.1, 0.15) is 29.9 Å². The molecule has 0 aromatic heterocycles. The second-order valence-corrected chi connectivity index (χ2v) is 4.10. The van der Waals surface area contributed by atoms with Gasteiger partial charge in [-0.15, -0.1) is 0 Å². The summed E-state index contributed by atoms with van der Waals surface area (Å²) in [7, 11) is 2.90. The Balaban J connectivity index is 2.90. The van der Waals surface area contributed by atoms with Crippen molar-refractivity contribution in [2.24, 2.45) is 0 Å². The van der Waals surface area contributed by atoms with Crippen molar-refractivity contribution in [2.45, 2.75) is 25.7 Å². The molecule has 0 radical (unpaired) electrons. The standard InChI is InChI=1S/C14H18O4/c1-10-4-6-13(17-2)12(8-10)11(9-15)5-7-14(16)18-3/h4,6,8-9,11H,5,7H2,1-3H3. The third-order valence-corrected chi connectivity index (χ3v) is 2.84. The second-order valence-electron chi connectivity index (χ2n) is 4.10. The van der Waals surface area contributed by atoms with Crippen LogP contribution in [0.25, 0.3) is 0 Å². The Morgan fingerprint density at radius 2 is 2.11 bits per heavy atom. The van der Waals surface area contributed by atoms with E-state index < -0.39 is 0 Å². The van der Waals surface area contributed by atoms with E-state index in [4.69, 9.17) is 4.74 Å². The van der Waals surface area contributed by atoms with Gasteiger partial charge < -0.3 is 14.3 Å². The van der Waals surface area contributed by atoms with E-state index in [0.29, 0.717) is 12.2 Å². The van der Waals surface area contributed by atoms with Crippen LogP contribution < -0.4 is 4.74 Å². The minimum Gasteiger partial charge on any atom is -0.496 e. The monoisotopic (exact) mass is 250 g/mol. The number of ether oxygens (including phenoxy) is 2. The number of carbonyl (C=O) groups is 2. The van der Waals surface area contributed by atoms with Gasteiger partial charge in [0.25, 0.3) is 0 Å². The number of rotatable bonds is 6. The van der Waals surface area contributed by atoms with Crippen LogP contribution in [0, 0.1) is 6.92 Å². The lowest BCUT2D eigenvalue weighted by atomic mass is 9.93. The number of methoxy groups -OCH3 is 2. The molecule has 1 aromatic rings. The molecule has 1 aromatic carbocycles. The number of carbonyl (C=O) groups excluding carboxylic acids is 2. The first-order chi connectivity index (χ1) is 8.62. The van der Waals surface area contributed by atoms with E-state index >= 15 is 0 Å². The van der Waals surface area contributed by atoms with Gasteiger partial charge in [-0.3, -0.25) is 4.79 Å². The highest BCUT2D eigenvalue weighted by Crippen LogP contribution is 2.29. The molecule has 0 N–H and O–H groups in total. The summed E-state index contributed by atoms with van der Waals surface area (Å²) in [5.41, 5.74) is 1.87. The SMILES string of the molecule is COC(=O)CCC(C=O)c1cc(C)ccc1OC. The lowest BCUT2D eigenvalue weighted by molar-refractivity contribution is -0.140.